The normalized spacial score (nSPS) is 17.4. The topological polar surface area (TPSA) is 64.4 Å². The van der Waals surface area contributed by atoms with Gasteiger partial charge in [0.2, 0.25) is 10.0 Å². The van der Waals surface area contributed by atoms with E-state index in [0.29, 0.717) is 18.9 Å². The fraction of sp³-hybridized carbons (Fsp3) is 0.571. The minimum absolute atomic E-state index is 0.0266. The Hall–Kier alpha value is -1.86. The highest BCUT2D eigenvalue weighted by Crippen LogP contribution is 2.35. The molecule has 0 aliphatic heterocycles. The second-order valence-electron chi connectivity index (χ2n) is 7.72. The summed E-state index contributed by atoms with van der Waals surface area (Å²) in [6.07, 6.45) is 7.11. The standard InChI is InChI=1S/C21H29N3O3S/c1-3-27-20-13-6-7-14-21(20)28(25,26)24(16-9-4-5-10-16)15-18-17-11-8-12-19(17)23(2)22-18/h6-7,13-14,16H,3-5,8-12,15H2,1-2H3. The summed E-state index contributed by atoms with van der Waals surface area (Å²) in [6.45, 7) is 2.65. The molecule has 0 unspecified atom stereocenters. The first-order chi connectivity index (χ1) is 13.5. The third-order valence-corrected chi connectivity index (χ3v) is 7.91. The third kappa shape index (κ3) is 3.46. The van der Waals surface area contributed by atoms with Crippen LogP contribution in [0.4, 0.5) is 0 Å². The first kappa shape index (κ1) is 19.5. The zero-order chi connectivity index (χ0) is 19.7. The second kappa shape index (κ2) is 7.87. The number of fused-ring (bicyclic) bond motifs is 1. The molecular weight excluding hydrogens is 374 g/mol. The number of ether oxygens (including phenoxy) is 1. The minimum atomic E-state index is -3.68. The van der Waals surface area contributed by atoms with Gasteiger partial charge in [0.1, 0.15) is 10.6 Å². The summed E-state index contributed by atoms with van der Waals surface area (Å²) in [5.41, 5.74) is 3.42. The van der Waals surface area contributed by atoms with Gasteiger partial charge in [-0.25, -0.2) is 8.42 Å². The minimum Gasteiger partial charge on any atom is -0.492 e. The van der Waals surface area contributed by atoms with Crippen LogP contribution >= 0.6 is 0 Å². The van der Waals surface area contributed by atoms with E-state index >= 15 is 0 Å². The van der Waals surface area contributed by atoms with Gasteiger partial charge in [0.25, 0.3) is 0 Å². The van der Waals surface area contributed by atoms with E-state index < -0.39 is 10.0 Å². The Morgan fingerprint density at radius 2 is 1.93 bits per heavy atom. The molecule has 0 bridgehead atoms. The Labute approximate surface area is 167 Å². The number of hydrogen-bond acceptors (Lipinski definition) is 4. The Balaban J connectivity index is 1.74. The maximum atomic E-state index is 13.7. The molecule has 2 aromatic rings. The van der Waals surface area contributed by atoms with Crippen molar-refractivity contribution in [3.63, 3.8) is 0 Å². The molecule has 1 aromatic carbocycles. The first-order valence-corrected chi connectivity index (χ1v) is 11.7. The van der Waals surface area contributed by atoms with Crippen LogP contribution < -0.4 is 4.74 Å². The van der Waals surface area contributed by atoms with Crippen molar-refractivity contribution in [2.45, 2.75) is 69.4 Å². The summed E-state index contributed by atoms with van der Waals surface area (Å²) < 4.78 is 36.7. The molecule has 152 valence electrons. The van der Waals surface area contributed by atoms with E-state index in [2.05, 4.69) is 5.10 Å². The van der Waals surface area contributed by atoms with Crippen LogP contribution in [0.15, 0.2) is 29.2 Å². The number of aromatic nitrogens is 2. The maximum Gasteiger partial charge on any atom is 0.247 e. The molecule has 1 saturated carbocycles. The summed E-state index contributed by atoms with van der Waals surface area (Å²) in [6, 6.07) is 7.00. The number of hydrogen-bond donors (Lipinski definition) is 0. The molecule has 1 heterocycles. The fourth-order valence-electron chi connectivity index (χ4n) is 4.64. The number of sulfonamides is 1. The smallest absolute Gasteiger partial charge is 0.247 e. The van der Waals surface area contributed by atoms with Gasteiger partial charge in [0.05, 0.1) is 18.8 Å². The summed E-state index contributed by atoms with van der Waals surface area (Å²) >= 11 is 0. The lowest BCUT2D eigenvalue weighted by Gasteiger charge is -2.28. The second-order valence-corrected chi connectivity index (χ2v) is 9.58. The van der Waals surface area contributed by atoms with Crippen molar-refractivity contribution in [3.8, 4) is 5.75 Å². The summed E-state index contributed by atoms with van der Waals surface area (Å²) in [4.78, 5) is 0.260. The van der Waals surface area contributed by atoms with Crippen LogP contribution in [0, 0.1) is 0 Å². The molecule has 6 nitrogen and oxygen atoms in total. The van der Waals surface area contributed by atoms with E-state index in [9.17, 15) is 8.42 Å². The molecule has 0 N–H and O–H groups in total. The molecule has 4 rings (SSSR count). The number of rotatable bonds is 7. The summed E-state index contributed by atoms with van der Waals surface area (Å²) in [5.74, 6) is 0.430. The molecule has 0 radical (unpaired) electrons. The van der Waals surface area contributed by atoms with Crippen molar-refractivity contribution in [2.24, 2.45) is 7.05 Å². The molecular formula is C21H29N3O3S. The van der Waals surface area contributed by atoms with Crippen molar-refractivity contribution in [2.75, 3.05) is 6.61 Å². The van der Waals surface area contributed by atoms with Crippen molar-refractivity contribution in [1.82, 2.24) is 14.1 Å². The summed E-state index contributed by atoms with van der Waals surface area (Å²) in [5, 5.41) is 4.69. The highest BCUT2D eigenvalue weighted by Gasteiger charge is 2.36. The van der Waals surface area contributed by atoms with Gasteiger partial charge >= 0.3 is 0 Å². The highest BCUT2D eigenvalue weighted by molar-refractivity contribution is 7.89. The lowest BCUT2D eigenvalue weighted by Crippen LogP contribution is -2.38. The molecule has 1 fully saturated rings. The lowest BCUT2D eigenvalue weighted by molar-refractivity contribution is 0.304. The molecule has 0 saturated heterocycles. The molecule has 2 aliphatic carbocycles. The van der Waals surface area contributed by atoms with Gasteiger partial charge in [-0.1, -0.05) is 25.0 Å². The van der Waals surface area contributed by atoms with Crippen LogP contribution in [0.25, 0.3) is 0 Å². The van der Waals surface area contributed by atoms with Gasteiger partial charge in [0, 0.05) is 18.8 Å². The average Bonchev–Trinajstić information content (AvgIpc) is 3.41. The number of benzene rings is 1. The fourth-order valence-corrected chi connectivity index (χ4v) is 6.42. The van der Waals surface area contributed by atoms with E-state index in [1.807, 2.05) is 24.7 Å². The predicted octanol–water partition coefficient (Wildman–Crippen LogP) is 3.44. The quantitative estimate of drug-likeness (QED) is 0.710. The molecule has 28 heavy (non-hydrogen) atoms. The predicted molar refractivity (Wildman–Crippen MR) is 108 cm³/mol. The van der Waals surface area contributed by atoms with E-state index in [4.69, 9.17) is 4.74 Å². The van der Waals surface area contributed by atoms with E-state index in [0.717, 1.165) is 50.6 Å². The van der Waals surface area contributed by atoms with Crippen LogP contribution in [0.5, 0.6) is 5.75 Å². The van der Waals surface area contributed by atoms with Crippen LogP contribution in [-0.4, -0.2) is 35.2 Å². The molecule has 0 atom stereocenters. The van der Waals surface area contributed by atoms with Gasteiger partial charge < -0.3 is 4.74 Å². The average molecular weight is 404 g/mol. The molecule has 0 spiro atoms. The first-order valence-electron chi connectivity index (χ1n) is 10.3. The van der Waals surface area contributed by atoms with Gasteiger partial charge in [-0.15, -0.1) is 0 Å². The largest absolute Gasteiger partial charge is 0.492 e. The molecule has 7 heteroatoms. The lowest BCUT2D eigenvalue weighted by atomic mass is 10.2. The van der Waals surface area contributed by atoms with Gasteiger partial charge in [-0.3, -0.25) is 4.68 Å². The van der Waals surface area contributed by atoms with Crippen LogP contribution in [-0.2, 0) is 36.5 Å². The number of para-hydroxylation sites is 1. The van der Waals surface area contributed by atoms with E-state index in [-0.39, 0.29) is 10.9 Å². The van der Waals surface area contributed by atoms with Gasteiger partial charge in [-0.05, 0) is 56.7 Å². The summed E-state index contributed by atoms with van der Waals surface area (Å²) in [7, 11) is -1.72. The van der Waals surface area contributed by atoms with Gasteiger partial charge in [-0.2, -0.15) is 9.40 Å². The van der Waals surface area contributed by atoms with Crippen molar-refractivity contribution in [3.05, 3.63) is 41.2 Å². The number of aryl methyl sites for hydroxylation is 1. The van der Waals surface area contributed by atoms with Crippen LogP contribution in [0.1, 0.15) is 56.0 Å². The van der Waals surface area contributed by atoms with Crippen molar-refractivity contribution < 1.29 is 13.2 Å². The van der Waals surface area contributed by atoms with E-state index in [1.165, 1.54) is 11.3 Å². The molecule has 0 amide bonds. The van der Waals surface area contributed by atoms with Gasteiger partial charge in [0.15, 0.2) is 0 Å². The Bertz CT molecular complexity index is 946. The zero-order valence-corrected chi connectivity index (χ0v) is 17.5. The SMILES string of the molecule is CCOc1ccccc1S(=O)(=O)N(Cc1nn(C)c2c1CCC2)C1CCCC1. The Morgan fingerprint density at radius 1 is 1.18 bits per heavy atom. The highest BCUT2D eigenvalue weighted by atomic mass is 32.2. The Kier molecular flexibility index (Phi) is 5.47. The number of nitrogens with zero attached hydrogens (tertiary/aromatic N) is 3. The van der Waals surface area contributed by atoms with Crippen molar-refractivity contribution in [1.29, 1.82) is 0 Å². The van der Waals surface area contributed by atoms with Crippen LogP contribution in [0.3, 0.4) is 0 Å². The third-order valence-electron chi connectivity index (χ3n) is 5.97. The molecule has 2 aliphatic rings. The van der Waals surface area contributed by atoms with Crippen LogP contribution in [0.2, 0.25) is 0 Å². The van der Waals surface area contributed by atoms with Crippen molar-refractivity contribution >= 4 is 10.0 Å². The maximum absolute atomic E-state index is 13.7. The molecule has 1 aromatic heterocycles. The Morgan fingerprint density at radius 3 is 2.68 bits per heavy atom. The van der Waals surface area contributed by atoms with E-state index in [1.54, 1.807) is 22.5 Å². The zero-order valence-electron chi connectivity index (χ0n) is 16.7. The monoisotopic (exact) mass is 403 g/mol.